The van der Waals surface area contributed by atoms with E-state index in [1.807, 2.05) is 0 Å². The third kappa shape index (κ3) is 3.07. The van der Waals surface area contributed by atoms with Gasteiger partial charge in [-0.1, -0.05) is 17.7 Å². The number of ether oxygens (including phenoxy) is 1. The van der Waals surface area contributed by atoms with Crippen LogP contribution in [0.2, 0.25) is 5.02 Å². The number of aromatic nitrogens is 2. The van der Waals surface area contributed by atoms with Crippen LogP contribution in [0.15, 0.2) is 36.8 Å². The molecule has 2 aromatic rings. The van der Waals surface area contributed by atoms with Gasteiger partial charge in [0.05, 0.1) is 0 Å². The van der Waals surface area contributed by atoms with Crippen LogP contribution in [-0.2, 0) is 0 Å². The molecule has 3 N–H and O–H groups in total. The van der Waals surface area contributed by atoms with Crippen molar-refractivity contribution in [2.75, 3.05) is 12.4 Å². The maximum absolute atomic E-state index is 10.9. The van der Waals surface area contributed by atoms with E-state index >= 15 is 0 Å². The standard InChI is InChI=1S/C13H12ClN5O3/c1-16-12-11(14)10(7-18-13(12)19(20)21)22-9(6-15)8-4-2-3-5-17-8/h2-7,16H,15H2,1H3/b9-6+. The second-order valence-corrected chi connectivity index (χ2v) is 4.37. The van der Waals surface area contributed by atoms with E-state index in [9.17, 15) is 10.1 Å². The van der Waals surface area contributed by atoms with Crippen LogP contribution in [-0.4, -0.2) is 21.9 Å². The highest BCUT2D eigenvalue weighted by molar-refractivity contribution is 6.35. The second-order valence-electron chi connectivity index (χ2n) is 3.99. The molecule has 0 saturated heterocycles. The number of rotatable bonds is 5. The highest BCUT2D eigenvalue weighted by Crippen LogP contribution is 2.38. The SMILES string of the molecule is CNc1c([N+](=O)[O-])ncc(O/C(=C/N)c2ccccn2)c1Cl. The lowest BCUT2D eigenvalue weighted by atomic mass is 10.3. The molecule has 0 radical (unpaired) electrons. The van der Waals surface area contributed by atoms with Crippen molar-refractivity contribution < 1.29 is 9.66 Å². The topological polar surface area (TPSA) is 116 Å². The first-order valence-electron chi connectivity index (χ1n) is 6.10. The number of pyridine rings is 2. The number of hydrogen-bond donors (Lipinski definition) is 2. The van der Waals surface area contributed by atoms with Crippen LogP contribution in [0.5, 0.6) is 5.75 Å². The summed E-state index contributed by atoms with van der Waals surface area (Å²) >= 11 is 6.13. The minimum atomic E-state index is -0.639. The highest BCUT2D eigenvalue weighted by Gasteiger charge is 2.23. The van der Waals surface area contributed by atoms with Crippen molar-refractivity contribution in [1.82, 2.24) is 9.97 Å². The molecule has 114 valence electrons. The fourth-order valence-corrected chi connectivity index (χ4v) is 1.96. The lowest BCUT2D eigenvalue weighted by Gasteiger charge is -2.11. The summed E-state index contributed by atoms with van der Waals surface area (Å²) in [5.74, 6) is -0.0184. The maximum Gasteiger partial charge on any atom is 0.388 e. The van der Waals surface area contributed by atoms with E-state index in [2.05, 4.69) is 15.3 Å². The molecule has 0 spiro atoms. The van der Waals surface area contributed by atoms with E-state index in [0.29, 0.717) is 5.69 Å². The molecule has 0 unspecified atom stereocenters. The molecule has 0 atom stereocenters. The summed E-state index contributed by atoms with van der Waals surface area (Å²) in [4.78, 5) is 18.1. The molecule has 0 saturated carbocycles. The molecule has 0 fully saturated rings. The van der Waals surface area contributed by atoms with E-state index in [1.165, 1.54) is 13.2 Å². The van der Waals surface area contributed by atoms with Gasteiger partial charge in [0.2, 0.25) is 0 Å². The van der Waals surface area contributed by atoms with Crippen LogP contribution in [0, 0.1) is 10.1 Å². The molecule has 0 amide bonds. The molecular formula is C13H12ClN5O3. The molecule has 0 aliphatic heterocycles. The first-order chi connectivity index (χ1) is 10.6. The van der Waals surface area contributed by atoms with Crippen LogP contribution in [0.3, 0.4) is 0 Å². The third-order valence-electron chi connectivity index (χ3n) is 2.68. The van der Waals surface area contributed by atoms with Gasteiger partial charge in [-0.25, -0.2) is 0 Å². The predicted octanol–water partition coefficient (Wildman–Crippen LogP) is 2.42. The Morgan fingerprint density at radius 2 is 2.27 bits per heavy atom. The van der Waals surface area contributed by atoms with Crippen molar-refractivity contribution in [3.8, 4) is 5.75 Å². The molecule has 2 aromatic heterocycles. The summed E-state index contributed by atoms with van der Waals surface area (Å²) in [6, 6.07) is 5.21. The Hall–Kier alpha value is -2.87. The molecule has 2 rings (SSSR count). The van der Waals surface area contributed by atoms with E-state index < -0.39 is 10.7 Å². The molecule has 9 heteroatoms. The highest BCUT2D eigenvalue weighted by atomic mass is 35.5. The van der Waals surface area contributed by atoms with Gasteiger partial charge in [0.25, 0.3) is 0 Å². The molecule has 22 heavy (non-hydrogen) atoms. The number of nitrogens with zero attached hydrogens (tertiary/aromatic N) is 3. The van der Waals surface area contributed by atoms with Crippen molar-refractivity contribution in [3.05, 3.63) is 57.6 Å². The fourth-order valence-electron chi connectivity index (χ4n) is 1.69. The summed E-state index contributed by atoms with van der Waals surface area (Å²) < 4.78 is 5.57. The molecule has 0 bridgehead atoms. The van der Waals surface area contributed by atoms with Crippen molar-refractivity contribution in [2.24, 2.45) is 5.73 Å². The number of halogens is 1. The average molecular weight is 322 g/mol. The van der Waals surface area contributed by atoms with Gasteiger partial charge < -0.3 is 25.9 Å². The largest absolute Gasteiger partial charge is 0.448 e. The van der Waals surface area contributed by atoms with Gasteiger partial charge in [0.1, 0.15) is 10.7 Å². The van der Waals surface area contributed by atoms with Crippen LogP contribution < -0.4 is 15.8 Å². The van der Waals surface area contributed by atoms with Crippen molar-refractivity contribution in [2.45, 2.75) is 0 Å². The first kappa shape index (κ1) is 15.5. The minimum Gasteiger partial charge on any atom is -0.448 e. The lowest BCUT2D eigenvalue weighted by molar-refractivity contribution is -0.388. The van der Waals surface area contributed by atoms with Crippen molar-refractivity contribution in [1.29, 1.82) is 0 Å². The zero-order valence-corrected chi connectivity index (χ0v) is 12.2. The molecule has 2 heterocycles. The Balaban J connectivity index is 2.40. The Bertz CT molecular complexity index is 721. The fraction of sp³-hybridized carbons (Fsp3) is 0.0769. The zero-order chi connectivity index (χ0) is 16.1. The molecule has 0 aliphatic carbocycles. The summed E-state index contributed by atoms with van der Waals surface area (Å²) in [6.07, 6.45) is 3.96. The van der Waals surface area contributed by atoms with Gasteiger partial charge >= 0.3 is 5.82 Å². The zero-order valence-electron chi connectivity index (χ0n) is 11.5. The predicted molar refractivity (Wildman–Crippen MR) is 82.5 cm³/mol. The van der Waals surface area contributed by atoms with Gasteiger partial charge in [-0.3, -0.25) is 4.98 Å². The van der Waals surface area contributed by atoms with Gasteiger partial charge in [0.15, 0.2) is 23.4 Å². The number of nitrogens with two attached hydrogens (primary N) is 1. The summed E-state index contributed by atoms with van der Waals surface area (Å²) in [5, 5.41) is 13.6. The smallest absolute Gasteiger partial charge is 0.388 e. The Morgan fingerprint density at radius 3 is 2.82 bits per heavy atom. The Morgan fingerprint density at radius 1 is 1.50 bits per heavy atom. The normalized spacial score (nSPS) is 11.1. The lowest BCUT2D eigenvalue weighted by Crippen LogP contribution is -2.04. The number of hydrogen-bond acceptors (Lipinski definition) is 7. The summed E-state index contributed by atoms with van der Waals surface area (Å²) in [6.45, 7) is 0. The van der Waals surface area contributed by atoms with Crippen LogP contribution in [0.4, 0.5) is 11.5 Å². The summed E-state index contributed by atoms with van der Waals surface area (Å²) in [7, 11) is 1.50. The molecule has 0 aliphatic rings. The Kier molecular flexibility index (Phi) is 4.74. The van der Waals surface area contributed by atoms with Crippen LogP contribution >= 0.6 is 11.6 Å². The minimum absolute atomic E-state index is 0.0273. The average Bonchev–Trinajstić information content (AvgIpc) is 2.54. The monoisotopic (exact) mass is 321 g/mol. The van der Waals surface area contributed by atoms with Crippen LogP contribution in [0.1, 0.15) is 5.69 Å². The first-order valence-corrected chi connectivity index (χ1v) is 6.48. The van der Waals surface area contributed by atoms with Gasteiger partial charge in [-0.2, -0.15) is 0 Å². The number of anilines is 1. The van der Waals surface area contributed by atoms with E-state index in [4.69, 9.17) is 22.1 Å². The molecular weight excluding hydrogens is 310 g/mol. The maximum atomic E-state index is 10.9. The molecule has 8 nitrogen and oxygen atoms in total. The quantitative estimate of drug-likeness (QED) is 0.493. The van der Waals surface area contributed by atoms with E-state index in [1.54, 1.807) is 24.4 Å². The number of nitrogens with one attached hydrogen (secondary N) is 1. The van der Waals surface area contributed by atoms with Crippen LogP contribution in [0.25, 0.3) is 5.76 Å². The number of nitro groups is 1. The van der Waals surface area contributed by atoms with Crippen molar-refractivity contribution >= 4 is 28.9 Å². The van der Waals surface area contributed by atoms with E-state index in [-0.39, 0.29) is 22.2 Å². The van der Waals surface area contributed by atoms with Crippen molar-refractivity contribution in [3.63, 3.8) is 0 Å². The third-order valence-corrected chi connectivity index (χ3v) is 3.05. The Labute approximate surface area is 130 Å². The summed E-state index contributed by atoms with van der Waals surface area (Å²) in [5.41, 5.74) is 6.09. The molecule has 0 aromatic carbocycles. The van der Waals surface area contributed by atoms with Gasteiger partial charge in [-0.05, 0) is 22.0 Å². The second kappa shape index (κ2) is 6.72. The van der Waals surface area contributed by atoms with E-state index in [0.717, 1.165) is 6.20 Å². The van der Waals surface area contributed by atoms with Gasteiger partial charge in [-0.15, -0.1) is 0 Å². The van der Waals surface area contributed by atoms with Gasteiger partial charge in [0, 0.05) is 19.4 Å².